The first-order valence-corrected chi connectivity index (χ1v) is 6.84. The summed E-state index contributed by atoms with van der Waals surface area (Å²) in [5, 5.41) is 9.28. The Kier molecular flexibility index (Phi) is 4.74. The van der Waals surface area contributed by atoms with Crippen molar-refractivity contribution in [3.8, 4) is 0 Å². The molecule has 0 saturated carbocycles. The fraction of sp³-hybridized carbons (Fsp3) is 0.571. The zero-order valence-corrected chi connectivity index (χ0v) is 11.3. The van der Waals surface area contributed by atoms with E-state index >= 15 is 0 Å². The summed E-state index contributed by atoms with van der Waals surface area (Å²) in [5.74, 6) is -0.695. The van der Waals surface area contributed by atoms with Gasteiger partial charge < -0.3 is 10.0 Å². The number of rotatable bonds is 5. The lowest BCUT2D eigenvalue weighted by Gasteiger charge is -2.38. The summed E-state index contributed by atoms with van der Waals surface area (Å²) in [7, 11) is 0. The second kappa shape index (κ2) is 6.52. The number of aliphatic carboxylic acids is 1. The van der Waals surface area contributed by atoms with Crippen LogP contribution in [0.2, 0.25) is 0 Å². The molecule has 0 aromatic carbocycles. The van der Waals surface area contributed by atoms with Crippen LogP contribution in [0.25, 0.3) is 0 Å². The van der Waals surface area contributed by atoms with Gasteiger partial charge in [0.1, 0.15) is 6.04 Å². The second-order valence-corrected chi connectivity index (χ2v) is 4.87. The number of piperazine rings is 1. The van der Waals surface area contributed by atoms with Crippen molar-refractivity contribution in [2.75, 3.05) is 31.1 Å². The van der Waals surface area contributed by atoms with Gasteiger partial charge in [0, 0.05) is 44.3 Å². The van der Waals surface area contributed by atoms with Crippen LogP contribution in [0.15, 0.2) is 24.5 Å². The maximum atomic E-state index is 11.3. The van der Waals surface area contributed by atoms with E-state index in [9.17, 15) is 9.90 Å². The molecule has 1 N–H and O–H groups in total. The molecule has 5 heteroatoms. The van der Waals surface area contributed by atoms with Crippen LogP contribution in [0.4, 0.5) is 5.69 Å². The van der Waals surface area contributed by atoms with Gasteiger partial charge in [-0.2, -0.15) is 0 Å². The highest BCUT2D eigenvalue weighted by Crippen LogP contribution is 2.17. The summed E-state index contributed by atoms with van der Waals surface area (Å²) in [5.41, 5.74) is 1.16. The number of nitrogens with zero attached hydrogens (tertiary/aromatic N) is 3. The maximum Gasteiger partial charge on any atom is 0.320 e. The van der Waals surface area contributed by atoms with Crippen molar-refractivity contribution in [1.82, 2.24) is 9.88 Å². The predicted octanol–water partition coefficient (Wildman–Crippen LogP) is 1.46. The minimum absolute atomic E-state index is 0.329. The van der Waals surface area contributed by atoms with Crippen LogP contribution in [0.1, 0.15) is 19.8 Å². The van der Waals surface area contributed by atoms with E-state index in [1.165, 1.54) is 0 Å². The van der Waals surface area contributed by atoms with Crippen molar-refractivity contribution < 1.29 is 9.90 Å². The molecule has 1 aromatic heterocycles. The Labute approximate surface area is 113 Å². The molecular weight excluding hydrogens is 242 g/mol. The molecule has 1 aromatic rings. The SMILES string of the molecule is CCCC(C(=O)O)N1CCN(c2ccncc2)CC1. The molecule has 19 heavy (non-hydrogen) atoms. The highest BCUT2D eigenvalue weighted by atomic mass is 16.4. The molecule has 1 saturated heterocycles. The van der Waals surface area contributed by atoms with Gasteiger partial charge >= 0.3 is 5.97 Å². The Balaban J connectivity index is 1.93. The number of carbonyl (C=O) groups is 1. The van der Waals surface area contributed by atoms with Crippen LogP contribution in [0.3, 0.4) is 0 Å². The Morgan fingerprint density at radius 3 is 2.47 bits per heavy atom. The van der Waals surface area contributed by atoms with Crippen LogP contribution in [-0.4, -0.2) is 53.2 Å². The summed E-state index contributed by atoms with van der Waals surface area (Å²) in [6.45, 7) is 5.39. The fourth-order valence-corrected chi connectivity index (χ4v) is 2.58. The van der Waals surface area contributed by atoms with Gasteiger partial charge in [-0.15, -0.1) is 0 Å². The largest absolute Gasteiger partial charge is 0.480 e. The maximum absolute atomic E-state index is 11.3. The van der Waals surface area contributed by atoms with Crippen molar-refractivity contribution >= 4 is 11.7 Å². The number of carboxylic acids is 1. The van der Waals surface area contributed by atoms with E-state index in [1.54, 1.807) is 12.4 Å². The van der Waals surface area contributed by atoms with Gasteiger partial charge in [0.15, 0.2) is 0 Å². The molecule has 0 amide bonds. The first kappa shape index (κ1) is 13.8. The molecule has 104 valence electrons. The van der Waals surface area contributed by atoms with E-state index in [0.29, 0.717) is 0 Å². The molecule has 0 bridgehead atoms. The van der Waals surface area contributed by atoms with Gasteiger partial charge in [0.2, 0.25) is 0 Å². The zero-order valence-electron chi connectivity index (χ0n) is 11.3. The Morgan fingerprint density at radius 2 is 1.95 bits per heavy atom. The third-order valence-corrected chi connectivity index (χ3v) is 3.63. The van der Waals surface area contributed by atoms with Crippen LogP contribution in [-0.2, 0) is 4.79 Å². The van der Waals surface area contributed by atoms with Crippen molar-refractivity contribution in [2.24, 2.45) is 0 Å². The van der Waals surface area contributed by atoms with E-state index in [1.807, 2.05) is 19.1 Å². The topological polar surface area (TPSA) is 56.7 Å². The Morgan fingerprint density at radius 1 is 1.32 bits per heavy atom. The number of pyridine rings is 1. The number of hydrogen-bond acceptors (Lipinski definition) is 4. The van der Waals surface area contributed by atoms with Crippen molar-refractivity contribution in [2.45, 2.75) is 25.8 Å². The molecule has 1 unspecified atom stereocenters. The monoisotopic (exact) mass is 263 g/mol. The molecule has 1 fully saturated rings. The zero-order chi connectivity index (χ0) is 13.7. The molecule has 1 aliphatic heterocycles. The average molecular weight is 263 g/mol. The lowest BCUT2D eigenvalue weighted by molar-refractivity contribution is -0.143. The first-order valence-electron chi connectivity index (χ1n) is 6.84. The van der Waals surface area contributed by atoms with Crippen LogP contribution < -0.4 is 4.90 Å². The molecule has 0 aliphatic carbocycles. The number of carboxylic acid groups (broad SMARTS) is 1. The van der Waals surface area contributed by atoms with Gasteiger partial charge in [-0.3, -0.25) is 14.7 Å². The molecule has 5 nitrogen and oxygen atoms in total. The van der Waals surface area contributed by atoms with Crippen LogP contribution >= 0.6 is 0 Å². The fourth-order valence-electron chi connectivity index (χ4n) is 2.58. The Hall–Kier alpha value is -1.62. The molecule has 0 radical (unpaired) electrons. The summed E-state index contributed by atoms with van der Waals surface area (Å²) in [6, 6.07) is 3.66. The van der Waals surface area contributed by atoms with Crippen LogP contribution in [0.5, 0.6) is 0 Å². The van der Waals surface area contributed by atoms with E-state index in [4.69, 9.17) is 0 Å². The first-order chi connectivity index (χ1) is 9.22. The normalized spacial score (nSPS) is 18.3. The number of anilines is 1. The smallest absolute Gasteiger partial charge is 0.320 e. The lowest BCUT2D eigenvalue weighted by Crippen LogP contribution is -2.52. The number of hydrogen-bond donors (Lipinski definition) is 1. The van der Waals surface area contributed by atoms with Gasteiger partial charge in [0.25, 0.3) is 0 Å². The minimum Gasteiger partial charge on any atom is -0.480 e. The van der Waals surface area contributed by atoms with Crippen LogP contribution in [0, 0.1) is 0 Å². The third-order valence-electron chi connectivity index (χ3n) is 3.63. The molecule has 0 spiro atoms. The highest BCUT2D eigenvalue weighted by Gasteiger charge is 2.27. The molecule has 1 atom stereocenters. The molecule has 2 rings (SSSR count). The van der Waals surface area contributed by atoms with E-state index < -0.39 is 5.97 Å². The average Bonchev–Trinajstić information content (AvgIpc) is 2.46. The third kappa shape index (κ3) is 3.44. The molecular formula is C14H21N3O2. The predicted molar refractivity (Wildman–Crippen MR) is 74.4 cm³/mol. The molecule has 1 aliphatic rings. The van der Waals surface area contributed by atoms with Gasteiger partial charge in [-0.05, 0) is 18.6 Å². The van der Waals surface area contributed by atoms with E-state index in [0.717, 1.165) is 44.7 Å². The summed E-state index contributed by atoms with van der Waals surface area (Å²) >= 11 is 0. The van der Waals surface area contributed by atoms with Gasteiger partial charge in [0.05, 0.1) is 0 Å². The minimum atomic E-state index is -0.695. The summed E-state index contributed by atoms with van der Waals surface area (Å²) < 4.78 is 0. The molecule has 2 heterocycles. The summed E-state index contributed by atoms with van der Waals surface area (Å²) in [6.07, 6.45) is 5.21. The second-order valence-electron chi connectivity index (χ2n) is 4.87. The van der Waals surface area contributed by atoms with Gasteiger partial charge in [-0.1, -0.05) is 13.3 Å². The van der Waals surface area contributed by atoms with E-state index in [-0.39, 0.29) is 6.04 Å². The van der Waals surface area contributed by atoms with E-state index in [2.05, 4.69) is 14.8 Å². The van der Waals surface area contributed by atoms with Crippen molar-refractivity contribution in [3.63, 3.8) is 0 Å². The number of aromatic nitrogens is 1. The van der Waals surface area contributed by atoms with Crippen molar-refractivity contribution in [1.29, 1.82) is 0 Å². The van der Waals surface area contributed by atoms with Gasteiger partial charge in [-0.25, -0.2) is 0 Å². The standard InChI is InChI=1S/C14H21N3O2/c1-2-3-13(14(18)19)17-10-8-16(9-11-17)12-4-6-15-7-5-12/h4-7,13H,2-3,8-11H2,1H3,(H,18,19). The summed E-state index contributed by atoms with van der Waals surface area (Å²) in [4.78, 5) is 19.7. The lowest BCUT2D eigenvalue weighted by atomic mass is 10.1. The Bertz CT molecular complexity index is 402. The highest BCUT2D eigenvalue weighted by molar-refractivity contribution is 5.73. The quantitative estimate of drug-likeness (QED) is 0.871. The van der Waals surface area contributed by atoms with Crippen molar-refractivity contribution in [3.05, 3.63) is 24.5 Å².